The number of carbonyl (C=O) groups excluding carboxylic acids is 1. The van der Waals surface area contributed by atoms with Crippen molar-refractivity contribution in [3.05, 3.63) is 29.3 Å². The average molecular weight is 148 g/mol. The second-order valence-electron chi connectivity index (χ2n) is 2.62. The third-order valence-corrected chi connectivity index (χ3v) is 1.96. The highest BCUT2D eigenvalue weighted by molar-refractivity contribution is 6.06. The number of fused-ring (bicyclic) bond motifs is 1. The average Bonchev–Trinajstić information content (AvgIpc) is 2.02. The Morgan fingerprint density at radius 1 is 1.45 bits per heavy atom. The molecule has 11 heavy (non-hydrogen) atoms. The summed E-state index contributed by atoms with van der Waals surface area (Å²) >= 11 is 0. The Kier molecular flexibility index (Phi) is 1.22. The molecule has 0 radical (unpaired) electrons. The van der Waals surface area contributed by atoms with E-state index >= 15 is 0 Å². The molecule has 2 nitrogen and oxygen atoms in total. The van der Waals surface area contributed by atoms with Crippen molar-refractivity contribution in [1.29, 1.82) is 0 Å². The van der Waals surface area contributed by atoms with Gasteiger partial charge in [0.05, 0.1) is 7.11 Å². The summed E-state index contributed by atoms with van der Waals surface area (Å²) in [6.07, 6.45) is 0.576. The molecule has 56 valence electrons. The molecule has 0 unspecified atom stereocenters. The van der Waals surface area contributed by atoms with Crippen LogP contribution in [0.5, 0.6) is 5.75 Å². The van der Waals surface area contributed by atoms with E-state index < -0.39 is 0 Å². The standard InChI is InChI=1S/C9H8O2/c1-11-7-2-3-8-6(4-7)5-9(8)10/h2-4H,5H2,1H3. The molecule has 0 aromatic heterocycles. The van der Waals surface area contributed by atoms with Crippen LogP contribution in [0.3, 0.4) is 0 Å². The van der Waals surface area contributed by atoms with E-state index in [0.29, 0.717) is 6.42 Å². The highest BCUT2D eigenvalue weighted by atomic mass is 16.5. The number of hydrogen-bond donors (Lipinski definition) is 0. The van der Waals surface area contributed by atoms with Crippen LogP contribution in [0, 0.1) is 0 Å². The SMILES string of the molecule is COc1ccc2c(c1)CC2=O. The van der Waals surface area contributed by atoms with E-state index in [2.05, 4.69) is 0 Å². The van der Waals surface area contributed by atoms with Gasteiger partial charge in [-0.2, -0.15) is 0 Å². The summed E-state index contributed by atoms with van der Waals surface area (Å²) in [7, 11) is 1.63. The van der Waals surface area contributed by atoms with E-state index in [9.17, 15) is 4.79 Å². The summed E-state index contributed by atoms with van der Waals surface area (Å²) < 4.78 is 5.01. The molecule has 0 fully saturated rings. The molecule has 0 amide bonds. The number of benzene rings is 1. The van der Waals surface area contributed by atoms with Crippen LogP contribution in [0.4, 0.5) is 0 Å². The monoisotopic (exact) mass is 148 g/mol. The second-order valence-corrected chi connectivity index (χ2v) is 2.62. The van der Waals surface area contributed by atoms with Gasteiger partial charge in [0, 0.05) is 12.0 Å². The minimum Gasteiger partial charge on any atom is -0.497 e. The van der Waals surface area contributed by atoms with Gasteiger partial charge < -0.3 is 4.74 Å². The Balaban J connectivity index is 2.46. The Labute approximate surface area is 64.8 Å². The van der Waals surface area contributed by atoms with Gasteiger partial charge in [0.1, 0.15) is 5.75 Å². The van der Waals surface area contributed by atoms with Gasteiger partial charge >= 0.3 is 0 Å². The van der Waals surface area contributed by atoms with E-state index in [-0.39, 0.29) is 5.78 Å². The third-order valence-electron chi connectivity index (χ3n) is 1.96. The maximum atomic E-state index is 10.9. The lowest BCUT2D eigenvalue weighted by atomic mass is 9.87. The number of ether oxygens (including phenoxy) is 1. The fourth-order valence-corrected chi connectivity index (χ4v) is 1.28. The zero-order chi connectivity index (χ0) is 7.84. The van der Waals surface area contributed by atoms with Crippen LogP contribution in [0.15, 0.2) is 18.2 Å². The topological polar surface area (TPSA) is 26.3 Å². The summed E-state index contributed by atoms with van der Waals surface area (Å²) in [4.78, 5) is 10.9. The Morgan fingerprint density at radius 3 is 2.82 bits per heavy atom. The van der Waals surface area contributed by atoms with Crippen molar-refractivity contribution in [3.8, 4) is 5.75 Å². The van der Waals surface area contributed by atoms with E-state index in [0.717, 1.165) is 16.9 Å². The highest BCUT2D eigenvalue weighted by Gasteiger charge is 2.22. The predicted octanol–water partition coefficient (Wildman–Crippen LogP) is 1.43. The maximum Gasteiger partial charge on any atom is 0.167 e. The molecular formula is C9H8O2. The quantitative estimate of drug-likeness (QED) is 0.602. The van der Waals surface area contributed by atoms with E-state index in [1.807, 2.05) is 18.2 Å². The van der Waals surface area contributed by atoms with Crippen molar-refractivity contribution in [2.75, 3.05) is 7.11 Å². The highest BCUT2D eigenvalue weighted by Crippen LogP contribution is 2.26. The first-order chi connectivity index (χ1) is 5.31. The largest absolute Gasteiger partial charge is 0.497 e. The van der Waals surface area contributed by atoms with Crippen LogP contribution in [0.25, 0.3) is 0 Å². The summed E-state index contributed by atoms with van der Waals surface area (Å²) in [5, 5.41) is 0. The lowest BCUT2D eigenvalue weighted by Gasteiger charge is -2.17. The number of Topliss-reactive ketones (excluding diaryl/α,β-unsaturated/α-hetero) is 1. The number of methoxy groups -OCH3 is 1. The number of rotatable bonds is 1. The van der Waals surface area contributed by atoms with Crippen LogP contribution in [0.1, 0.15) is 15.9 Å². The maximum absolute atomic E-state index is 10.9. The molecule has 2 heteroatoms. The fourth-order valence-electron chi connectivity index (χ4n) is 1.28. The zero-order valence-electron chi connectivity index (χ0n) is 6.26. The van der Waals surface area contributed by atoms with Crippen LogP contribution in [-0.2, 0) is 6.42 Å². The normalized spacial score (nSPS) is 13.7. The number of carbonyl (C=O) groups is 1. The van der Waals surface area contributed by atoms with E-state index in [1.165, 1.54) is 0 Å². The van der Waals surface area contributed by atoms with Crippen LogP contribution >= 0.6 is 0 Å². The molecule has 0 N–H and O–H groups in total. The predicted molar refractivity (Wildman–Crippen MR) is 41.0 cm³/mol. The van der Waals surface area contributed by atoms with Gasteiger partial charge in [-0.25, -0.2) is 0 Å². The van der Waals surface area contributed by atoms with Crippen molar-refractivity contribution >= 4 is 5.78 Å². The van der Waals surface area contributed by atoms with E-state index in [4.69, 9.17) is 4.74 Å². The van der Waals surface area contributed by atoms with Crippen molar-refractivity contribution in [2.24, 2.45) is 0 Å². The Hall–Kier alpha value is -1.31. The summed E-state index contributed by atoms with van der Waals surface area (Å²) in [6, 6.07) is 5.55. The van der Waals surface area contributed by atoms with Crippen LogP contribution < -0.4 is 4.74 Å². The molecule has 0 atom stereocenters. The first-order valence-corrected chi connectivity index (χ1v) is 3.51. The minimum atomic E-state index is 0.239. The van der Waals surface area contributed by atoms with E-state index in [1.54, 1.807) is 7.11 Å². The molecular weight excluding hydrogens is 140 g/mol. The molecule has 0 saturated carbocycles. The Morgan fingerprint density at radius 2 is 2.27 bits per heavy atom. The van der Waals surface area contributed by atoms with Crippen molar-refractivity contribution in [2.45, 2.75) is 6.42 Å². The summed E-state index contributed by atoms with van der Waals surface area (Å²) in [5.41, 5.74) is 1.96. The first-order valence-electron chi connectivity index (χ1n) is 3.51. The molecule has 1 aliphatic rings. The molecule has 0 aliphatic heterocycles. The molecule has 1 aromatic rings. The number of hydrogen-bond acceptors (Lipinski definition) is 2. The molecule has 0 saturated heterocycles. The molecule has 0 heterocycles. The minimum absolute atomic E-state index is 0.239. The van der Waals surface area contributed by atoms with Gasteiger partial charge in [-0.3, -0.25) is 4.79 Å². The van der Waals surface area contributed by atoms with Crippen molar-refractivity contribution < 1.29 is 9.53 Å². The Bertz CT molecular complexity index is 315. The molecule has 1 aliphatic carbocycles. The second kappa shape index (κ2) is 2.09. The summed E-state index contributed by atoms with van der Waals surface area (Å²) in [6.45, 7) is 0. The van der Waals surface area contributed by atoms with Crippen molar-refractivity contribution in [1.82, 2.24) is 0 Å². The first kappa shape index (κ1) is 6.40. The van der Waals surface area contributed by atoms with Crippen LogP contribution in [0.2, 0.25) is 0 Å². The fraction of sp³-hybridized carbons (Fsp3) is 0.222. The lowest BCUT2D eigenvalue weighted by molar-refractivity contribution is 0.0968. The van der Waals surface area contributed by atoms with Gasteiger partial charge in [-0.1, -0.05) is 0 Å². The van der Waals surface area contributed by atoms with Gasteiger partial charge in [0.2, 0.25) is 0 Å². The third kappa shape index (κ3) is 0.827. The van der Waals surface area contributed by atoms with Gasteiger partial charge in [-0.05, 0) is 23.8 Å². The zero-order valence-corrected chi connectivity index (χ0v) is 6.26. The molecule has 2 rings (SSSR count). The van der Waals surface area contributed by atoms with Gasteiger partial charge in [0.15, 0.2) is 5.78 Å². The number of ketones is 1. The molecule has 1 aromatic carbocycles. The molecule has 0 bridgehead atoms. The van der Waals surface area contributed by atoms with Crippen molar-refractivity contribution in [3.63, 3.8) is 0 Å². The molecule has 0 spiro atoms. The van der Waals surface area contributed by atoms with Crippen LogP contribution in [-0.4, -0.2) is 12.9 Å². The smallest absolute Gasteiger partial charge is 0.167 e. The van der Waals surface area contributed by atoms with Gasteiger partial charge in [0.25, 0.3) is 0 Å². The summed E-state index contributed by atoms with van der Waals surface area (Å²) in [5.74, 6) is 1.07. The lowest BCUT2D eigenvalue weighted by Crippen LogP contribution is -2.18. The van der Waals surface area contributed by atoms with Gasteiger partial charge in [-0.15, -0.1) is 0 Å².